The molecule has 2 saturated heterocycles. The average Bonchev–Trinajstić information content (AvgIpc) is 3.36. The summed E-state index contributed by atoms with van der Waals surface area (Å²) in [6.07, 6.45) is 8.60. The molecule has 0 aromatic carbocycles. The zero-order valence-electron chi connectivity index (χ0n) is 17.5. The molecule has 1 N–H and O–H groups in total. The van der Waals surface area contributed by atoms with E-state index >= 15 is 0 Å². The molecule has 0 amide bonds. The Kier molecular flexibility index (Phi) is 5.26. The summed E-state index contributed by atoms with van der Waals surface area (Å²) in [6, 6.07) is 4.60. The molecule has 0 radical (unpaired) electrons. The normalized spacial score (nSPS) is 29.9. The van der Waals surface area contributed by atoms with Crippen LogP contribution in [0.4, 0.5) is 5.82 Å². The standard InChI is InChI=1S/C22H32N6O/c1-15-11-23-27(2)22(15)20-6-7-21(26-25-20)24-18-9-16-12-28(13-17(16)10-18)14-19-5-3-4-8-29-19/h6-7,11,16-19H,3-5,8-10,12-14H2,1-2H3,(H,24,26)/t16-,17+,18?,19?. The second-order valence-corrected chi connectivity index (χ2v) is 9.14. The van der Waals surface area contributed by atoms with Gasteiger partial charge in [-0.25, -0.2) is 0 Å². The minimum Gasteiger partial charge on any atom is -0.377 e. The van der Waals surface area contributed by atoms with Crippen molar-refractivity contribution in [1.82, 2.24) is 24.9 Å². The van der Waals surface area contributed by atoms with Crippen LogP contribution in [0.3, 0.4) is 0 Å². The fraction of sp³-hybridized carbons (Fsp3) is 0.682. The molecule has 29 heavy (non-hydrogen) atoms. The Bertz CT molecular complexity index is 795. The highest BCUT2D eigenvalue weighted by Crippen LogP contribution is 2.39. The third-order valence-electron chi connectivity index (χ3n) is 6.94. The number of rotatable bonds is 5. The zero-order valence-corrected chi connectivity index (χ0v) is 17.5. The fourth-order valence-corrected chi connectivity index (χ4v) is 5.56. The molecule has 2 aromatic heterocycles. The Labute approximate surface area is 172 Å². The number of fused-ring (bicyclic) bond motifs is 1. The minimum absolute atomic E-state index is 0.466. The Hall–Kier alpha value is -1.99. The van der Waals surface area contributed by atoms with Crippen molar-refractivity contribution in [2.75, 3.05) is 31.6 Å². The summed E-state index contributed by atoms with van der Waals surface area (Å²) in [5.41, 5.74) is 3.02. The van der Waals surface area contributed by atoms with Crippen molar-refractivity contribution in [2.45, 2.75) is 51.2 Å². The van der Waals surface area contributed by atoms with E-state index in [1.807, 2.05) is 24.0 Å². The molecule has 2 aliphatic heterocycles. The van der Waals surface area contributed by atoms with Crippen LogP contribution in [0.2, 0.25) is 0 Å². The fourth-order valence-electron chi connectivity index (χ4n) is 5.56. The first-order valence-corrected chi connectivity index (χ1v) is 11.1. The number of hydrogen-bond donors (Lipinski definition) is 1. The molecule has 7 nitrogen and oxygen atoms in total. The molecule has 1 aliphatic carbocycles. The van der Waals surface area contributed by atoms with E-state index in [9.17, 15) is 0 Å². The van der Waals surface area contributed by atoms with Gasteiger partial charge >= 0.3 is 0 Å². The summed E-state index contributed by atoms with van der Waals surface area (Å²) in [7, 11) is 1.94. The molecule has 5 rings (SSSR count). The van der Waals surface area contributed by atoms with Crippen LogP contribution in [0.25, 0.3) is 11.4 Å². The summed E-state index contributed by atoms with van der Waals surface area (Å²) in [4.78, 5) is 2.65. The highest BCUT2D eigenvalue weighted by atomic mass is 16.5. The number of hydrogen-bond acceptors (Lipinski definition) is 6. The second-order valence-electron chi connectivity index (χ2n) is 9.14. The summed E-state index contributed by atoms with van der Waals surface area (Å²) < 4.78 is 7.79. The highest BCUT2D eigenvalue weighted by molar-refractivity contribution is 5.59. The number of anilines is 1. The van der Waals surface area contributed by atoms with Gasteiger partial charge in [0.15, 0.2) is 0 Å². The molecular formula is C22H32N6O. The second kappa shape index (κ2) is 8.03. The Morgan fingerprint density at radius 2 is 1.97 bits per heavy atom. The average molecular weight is 397 g/mol. The van der Waals surface area contributed by atoms with Crippen molar-refractivity contribution in [1.29, 1.82) is 0 Å². The lowest BCUT2D eigenvalue weighted by molar-refractivity contribution is -0.00303. The van der Waals surface area contributed by atoms with Gasteiger partial charge in [0.2, 0.25) is 0 Å². The van der Waals surface area contributed by atoms with Crippen LogP contribution in [-0.2, 0) is 11.8 Å². The molecule has 1 saturated carbocycles. The molecule has 4 heterocycles. The number of likely N-dealkylation sites (tertiary alicyclic amines) is 1. The Morgan fingerprint density at radius 1 is 1.14 bits per heavy atom. The lowest BCUT2D eigenvalue weighted by atomic mass is 10.0. The van der Waals surface area contributed by atoms with Crippen LogP contribution in [0.1, 0.15) is 37.7 Å². The number of ether oxygens (including phenoxy) is 1. The molecule has 0 bridgehead atoms. The topological polar surface area (TPSA) is 68.1 Å². The number of nitrogens with one attached hydrogen (secondary N) is 1. The quantitative estimate of drug-likeness (QED) is 0.838. The highest BCUT2D eigenvalue weighted by Gasteiger charge is 2.41. The van der Waals surface area contributed by atoms with E-state index in [4.69, 9.17) is 4.74 Å². The van der Waals surface area contributed by atoms with Gasteiger partial charge in [0, 0.05) is 39.3 Å². The summed E-state index contributed by atoms with van der Waals surface area (Å²) in [5, 5.41) is 16.8. The van der Waals surface area contributed by atoms with Gasteiger partial charge in [0.25, 0.3) is 0 Å². The largest absolute Gasteiger partial charge is 0.377 e. The van der Waals surface area contributed by atoms with Gasteiger partial charge in [-0.15, -0.1) is 10.2 Å². The lowest BCUT2D eigenvalue weighted by Gasteiger charge is -2.28. The molecular weight excluding hydrogens is 364 g/mol. The van der Waals surface area contributed by atoms with Gasteiger partial charge in [0.05, 0.1) is 18.0 Å². The molecule has 156 valence electrons. The van der Waals surface area contributed by atoms with Crippen LogP contribution in [0.15, 0.2) is 18.3 Å². The van der Waals surface area contributed by atoms with E-state index < -0.39 is 0 Å². The number of nitrogens with zero attached hydrogens (tertiary/aromatic N) is 5. The van der Waals surface area contributed by atoms with Crippen molar-refractivity contribution in [3.63, 3.8) is 0 Å². The maximum Gasteiger partial charge on any atom is 0.148 e. The molecule has 7 heteroatoms. The molecule has 3 aliphatic rings. The van der Waals surface area contributed by atoms with Gasteiger partial charge in [-0.3, -0.25) is 4.68 Å². The van der Waals surface area contributed by atoms with Crippen LogP contribution >= 0.6 is 0 Å². The van der Waals surface area contributed by atoms with Gasteiger partial charge in [-0.05, 0) is 68.6 Å². The molecule has 0 spiro atoms. The minimum atomic E-state index is 0.466. The molecule has 2 unspecified atom stereocenters. The van der Waals surface area contributed by atoms with Crippen LogP contribution < -0.4 is 5.32 Å². The van der Waals surface area contributed by atoms with Gasteiger partial charge in [-0.2, -0.15) is 5.10 Å². The predicted octanol–water partition coefficient (Wildman–Crippen LogP) is 2.88. The van der Waals surface area contributed by atoms with E-state index in [-0.39, 0.29) is 0 Å². The van der Waals surface area contributed by atoms with E-state index in [0.717, 1.165) is 47.8 Å². The Morgan fingerprint density at radius 3 is 2.59 bits per heavy atom. The van der Waals surface area contributed by atoms with Crippen LogP contribution in [0, 0.1) is 18.8 Å². The first-order valence-electron chi connectivity index (χ1n) is 11.1. The summed E-state index contributed by atoms with van der Waals surface area (Å²) >= 11 is 0. The summed E-state index contributed by atoms with van der Waals surface area (Å²) in [6.45, 7) is 6.60. The number of aryl methyl sites for hydroxylation is 2. The van der Waals surface area contributed by atoms with Crippen molar-refractivity contribution >= 4 is 5.82 Å². The van der Waals surface area contributed by atoms with Crippen LogP contribution in [-0.4, -0.2) is 63.3 Å². The monoisotopic (exact) mass is 396 g/mol. The third-order valence-corrected chi connectivity index (χ3v) is 6.94. The predicted molar refractivity (Wildman–Crippen MR) is 113 cm³/mol. The van der Waals surface area contributed by atoms with Crippen molar-refractivity contribution in [2.24, 2.45) is 18.9 Å². The van der Waals surface area contributed by atoms with Gasteiger partial charge < -0.3 is 15.0 Å². The SMILES string of the molecule is Cc1cnn(C)c1-c1ccc(NC2C[C@@H]3CN(CC4CCCCO4)C[C@@H]3C2)nn1. The smallest absolute Gasteiger partial charge is 0.148 e. The first-order chi connectivity index (χ1) is 14.2. The van der Waals surface area contributed by atoms with Crippen molar-refractivity contribution in [3.05, 3.63) is 23.9 Å². The van der Waals surface area contributed by atoms with Crippen molar-refractivity contribution < 1.29 is 4.74 Å². The van der Waals surface area contributed by atoms with Gasteiger partial charge in [-0.1, -0.05) is 0 Å². The van der Waals surface area contributed by atoms with E-state index in [0.29, 0.717) is 12.1 Å². The zero-order chi connectivity index (χ0) is 19.8. The van der Waals surface area contributed by atoms with Crippen molar-refractivity contribution in [3.8, 4) is 11.4 Å². The summed E-state index contributed by atoms with van der Waals surface area (Å²) in [5.74, 6) is 2.49. The maximum atomic E-state index is 5.94. The third kappa shape index (κ3) is 4.03. The van der Waals surface area contributed by atoms with Crippen LogP contribution in [0.5, 0.6) is 0 Å². The van der Waals surface area contributed by atoms with Gasteiger partial charge in [0.1, 0.15) is 11.5 Å². The maximum absolute atomic E-state index is 5.94. The molecule has 4 atom stereocenters. The number of aromatic nitrogens is 4. The van der Waals surface area contributed by atoms with E-state index in [1.165, 1.54) is 45.2 Å². The van der Waals surface area contributed by atoms with E-state index in [2.05, 4.69) is 38.5 Å². The molecule has 3 fully saturated rings. The molecule has 2 aromatic rings. The first kappa shape index (κ1) is 19.0. The van der Waals surface area contributed by atoms with E-state index in [1.54, 1.807) is 0 Å². The Balaban J connectivity index is 1.14. The lowest BCUT2D eigenvalue weighted by Crippen LogP contribution is -2.35.